The van der Waals surface area contributed by atoms with Crippen molar-refractivity contribution in [2.75, 3.05) is 6.54 Å². The maximum atomic E-state index is 11.7. The van der Waals surface area contributed by atoms with Gasteiger partial charge < -0.3 is 16.2 Å². The lowest BCUT2D eigenvalue weighted by Gasteiger charge is -2.26. The Morgan fingerprint density at radius 2 is 2.12 bits per heavy atom. The van der Waals surface area contributed by atoms with E-state index in [-0.39, 0.29) is 29.4 Å². The molecule has 4 nitrogen and oxygen atoms in total. The van der Waals surface area contributed by atoms with Gasteiger partial charge in [-0.3, -0.25) is 4.79 Å². The summed E-state index contributed by atoms with van der Waals surface area (Å²) in [6.07, 6.45) is 3.04. The zero-order valence-electron chi connectivity index (χ0n) is 11.2. The summed E-state index contributed by atoms with van der Waals surface area (Å²) in [5.74, 6) is 0.219. The van der Waals surface area contributed by atoms with Gasteiger partial charge in [0.1, 0.15) is 0 Å². The molecule has 0 aromatic heterocycles. The molecule has 1 rings (SSSR count). The largest absolute Gasteiger partial charge is 0.393 e. The smallest absolute Gasteiger partial charge is 0.221 e. The van der Waals surface area contributed by atoms with Gasteiger partial charge >= 0.3 is 0 Å². The predicted molar refractivity (Wildman–Crippen MR) is 68.4 cm³/mol. The number of nitrogens with two attached hydrogens (primary N) is 1. The van der Waals surface area contributed by atoms with Crippen LogP contribution in [0.25, 0.3) is 0 Å². The first-order valence-electron chi connectivity index (χ1n) is 6.51. The third-order valence-electron chi connectivity index (χ3n) is 3.70. The van der Waals surface area contributed by atoms with Gasteiger partial charge in [-0.05, 0) is 18.3 Å². The minimum absolute atomic E-state index is 0.00785. The fourth-order valence-corrected chi connectivity index (χ4v) is 2.08. The Bertz CT molecular complexity index is 261. The SMILES string of the molecule is CC(C)(C)C(N)CC(=O)NCC1CCCC1O. The standard InChI is InChI=1S/C13H26N2O2/c1-13(2,3)11(14)7-12(17)15-8-9-5-4-6-10(9)16/h9-11,16H,4-8,14H2,1-3H3,(H,15,17). The molecule has 0 saturated heterocycles. The molecular weight excluding hydrogens is 216 g/mol. The molecule has 0 heterocycles. The molecule has 0 aromatic carbocycles. The number of nitrogens with one attached hydrogen (secondary N) is 1. The Balaban J connectivity index is 2.26. The first-order chi connectivity index (χ1) is 7.80. The lowest BCUT2D eigenvalue weighted by Crippen LogP contribution is -2.41. The quantitative estimate of drug-likeness (QED) is 0.689. The van der Waals surface area contributed by atoms with Crippen molar-refractivity contribution in [2.45, 2.75) is 58.6 Å². The molecule has 3 atom stereocenters. The van der Waals surface area contributed by atoms with Gasteiger partial charge in [0.05, 0.1) is 6.10 Å². The minimum Gasteiger partial charge on any atom is -0.393 e. The van der Waals surface area contributed by atoms with E-state index in [4.69, 9.17) is 5.73 Å². The molecular formula is C13H26N2O2. The molecule has 4 N–H and O–H groups in total. The lowest BCUT2D eigenvalue weighted by molar-refractivity contribution is -0.122. The summed E-state index contributed by atoms with van der Waals surface area (Å²) in [6, 6.07) is -0.129. The van der Waals surface area contributed by atoms with E-state index in [1.54, 1.807) is 0 Å². The molecule has 4 heteroatoms. The van der Waals surface area contributed by atoms with Gasteiger partial charge in [-0.25, -0.2) is 0 Å². The number of hydrogen-bond donors (Lipinski definition) is 3. The average molecular weight is 242 g/mol. The van der Waals surface area contributed by atoms with Crippen LogP contribution in [-0.2, 0) is 4.79 Å². The molecule has 0 aromatic rings. The average Bonchev–Trinajstić information content (AvgIpc) is 2.59. The van der Waals surface area contributed by atoms with Crippen LogP contribution in [0.1, 0.15) is 46.5 Å². The second-order valence-corrected chi connectivity index (χ2v) is 6.24. The van der Waals surface area contributed by atoms with E-state index in [1.807, 2.05) is 20.8 Å². The van der Waals surface area contributed by atoms with Crippen molar-refractivity contribution in [2.24, 2.45) is 17.1 Å². The van der Waals surface area contributed by atoms with Crippen LogP contribution in [0, 0.1) is 11.3 Å². The Morgan fingerprint density at radius 1 is 1.47 bits per heavy atom. The molecule has 17 heavy (non-hydrogen) atoms. The van der Waals surface area contributed by atoms with Crippen molar-refractivity contribution in [1.82, 2.24) is 5.32 Å². The van der Waals surface area contributed by atoms with Gasteiger partial charge in [-0.15, -0.1) is 0 Å². The van der Waals surface area contributed by atoms with E-state index in [0.29, 0.717) is 13.0 Å². The van der Waals surface area contributed by atoms with Crippen LogP contribution in [0.5, 0.6) is 0 Å². The van der Waals surface area contributed by atoms with Gasteiger partial charge in [0.2, 0.25) is 5.91 Å². The van der Waals surface area contributed by atoms with E-state index in [9.17, 15) is 9.90 Å². The molecule has 0 aliphatic heterocycles. The van der Waals surface area contributed by atoms with Crippen LogP contribution < -0.4 is 11.1 Å². The van der Waals surface area contributed by atoms with Gasteiger partial charge in [-0.1, -0.05) is 27.2 Å². The fourth-order valence-electron chi connectivity index (χ4n) is 2.08. The Hall–Kier alpha value is -0.610. The highest BCUT2D eigenvalue weighted by Crippen LogP contribution is 2.24. The van der Waals surface area contributed by atoms with Crippen molar-refractivity contribution in [1.29, 1.82) is 0 Å². The van der Waals surface area contributed by atoms with E-state index < -0.39 is 0 Å². The highest BCUT2D eigenvalue weighted by Gasteiger charge is 2.27. The molecule has 1 saturated carbocycles. The maximum Gasteiger partial charge on any atom is 0.221 e. The van der Waals surface area contributed by atoms with Crippen molar-refractivity contribution in [3.63, 3.8) is 0 Å². The number of rotatable bonds is 4. The minimum atomic E-state index is -0.244. The molecule has 0 bridgehead atoms. The van der Waals surface area contributed by atoms with Crippen LogP contribution in [0.4, 0.5) is 0 Å². The van der Waals surface area contributed by atoms with Crippen molar-refractivity contribution in [3.05, 3.63) is 0 Å². The summed E-state index contributed by atoms with van der Waals surface area (Å²) in [7, 11) is 0. The topological polar surface area (TPSA) is 75.4 Å². The van der Waals surface area contributed by atoms with Crippen LogP contribution in [-0.4, -0.2) is 29.7 Å². The number of hydrogen-bond acceptors (Lipinski definition) is 3. The van der Waals surface area contributed by atoms with Gasteiger partial charge in [0, 0.05) is 24.9 Å². The lowest BCUT2D eigenvalue weighted by atomic mass is 9.85. The molecule has 0 spiro atoms. The van der Waals surface area contributed by atoms with Crippen molar-refractivity contribution < 1.29 is 9.90 Å². The zero-order chi connectivity index (χ0) is 13.1. The number of carbonyl (C=O) groups excluding carboxylic acids is 1. The van der Waals surface area contributed by atoms with Crippen LogP contribution in [0.15, 0.2) is 0 Å². The monoisotopic (exact) mass is 242 g/mol. The Morgan fingerprint density at radius 3 is 2.59 bits per heavy atom. The summed E-state index contributed by atoms with van der Waals surface area (Å²) >= 11 is 0. The second kappa shape index (κ2) is 5.83. The Kier molecular flexibility index (Phi) is 4.95. The van der Waals surface area contributed by atoms with Gasteiger partial charge in [0.15, 0.2) is 0 Å². The number of aliphatic hydroxyl groups excluding tert-OH is 1. The summed E-state index contributed by atoms with van der Waals surface area (Å²) < 4.78 is 0. The molecule has 1 aliphatic rings. The Labute approximate surface area is 104 Å². The van der Waals surface area contributed by atoms with Gasteiger partial charge in [0.25, 0.3) is 0 Å². The summed E-state index contributed by atoms with van der Waals surface area (Å²) in [6.45, 7) is 6.68. The highest BCUT2D eigenvalue weighted by atomic mass is 16.3. The van der Waals surface area contributed by atoms with Crippen molar-refractivity contribution >= 4 is 5.91 Å². The summed E-state index contributed by atoms with van der Waals surface area (Å²) in [4.78, 5) is 11.7. The third-order valence-corrected chi connectivity index (χ3v) is 3.70. The molecule has 1 aliphatic carbocycles. The highest BCUT2D eigenvalue weighted by molar-refractivity contribution is 5.76. The van der Waals surface area contributed by atoms with E-state index in [1.165, 1.54) is 0 Å². The van der Waals surface area contributed by atoms with Crippen molar-refractivity contribution in [3.8, 4) is 0 Å². The van der Waals surface area contributed by atoms with Crippen LogP contribution in [0.2, 0.25) is 0 Å². The van der Waals surface area contributed by atoms with Crippen LogP contribution in [0.3, 0.4) is 0 Å². The molecule has 100 valence electrons. The fraction of sp³-hybridized carbons (Fsp3) is 0.923. The normalized spacial score (nSPS) is 26.9. The molecule has 3 unspecified atom stereocenters. The number of amides is 1. The van der Waals surface area contributed by atoms with E-state index >= 15 is 0 Å². The summed E-state index contributed by atoms with van der Waals surface area (Å²) in [5.41, 5.74) is 5.90. The van der Waals surface area contributed by atoms with Gasteiger partial charge in [-0.2, -0.15) is 0 Å². The van der Waals surface area contributed by atoms with E-state index in [0.717, 1.165) is 19.3 Å². The summed E-state index contributed by atoms with van der Waals surface area (Å²) in [5, 5.41) is 12.5. The molecule has 1 fully saturated rings. The molecule has 0 radical (unpaired) electrons. The third kappa shape index (κ3) is 4.64. The first-order valence-corrected chi connectivity index (χ1v) is 6.51. The predicted octanol–water partition coefficient (Wildman–Crippen LogP) is 1.03. The van der Waals surface area contributed by atoms with E-state index in [2.05, 4.69) is 5.32 Å². The number of aliphatic hydroxyl groups is 1. The maximum absolute atomic E-state index is 11.7. The van der Waals surface area contributed by atoms with Crippen LogP contribution >= 0.6 is 0 Å². The second-order valence-electron chi connectivity index (χ2n) is 6.24. The first kappa shape index (κ1) is 14.5. The zero-order valence-corrected chi connectivity index (χ0v) is 11.2. The number of carbonyl (C=O) groups is 1. The molecule has 1 amide bonds.